The monoisotopic (exact) mass is 322 g/mol. The Balaban J connectivity index is 2.04. The lowest BCUT2D eigenvalue weighted by Gasteiger charge is -2.32. The molecule has 1 atom stereocenters. The molecule has 1 saturated heterocycles. The van der Waals surface area contributed by atoms with Crippen molar-refractivity contribution in [2.75, 3.05) is 13.1 Å². The SMILES string of the molecule is CC(C)=CC(=O)N1CCC[C@@H](NS(=O)(=O)c2ccccc2)C1. The summed E-state index contributed by atoms with van der Waals surface area (Å²) < 4.78 is 27.4. The van der Waals surface area contributed by atoms with Crippen molar-refractivity contribution in [2.45, 2.75) is 37.6 Å². The summed E-state index contributed by atoms with van der Waals surface area (Å²) in [6.07, 6.45) is 3.13. The van der Waals surface area contributed by atoms with E-state index in [0.29, 0.717) is 13.1 Å². The number of benzene rings is 1. The molecule has 6 heteroatoms. The quantitative estimate of drug-likeness (QED) is 0.861. The first-order valence-corrected chi connectivity index (χ1v) is 8.88. The predicted molar refractivity (Wildman–Crippen MR) is 85.8 cm³/mol. The molecule has 1 N–H and O–H groups in total. The third-order valence-electron chi connectivity index (χ3n) is 3.52. The summed E-state index contributed by atoms with van der Waals surface area (Å²) in [7, 11) is -3.54. The summed E-state index contributed by atoms with van der Waals surface area (Å²) in [5.41, 5.74) is 0.942. The number of carbonyl (C=O) groups excluding carboxylic acids is 1. The fourth-order valence-corrected chi connectivity index (χ4v) is 3.78. The summed E-state index contributed by atoms with van der Waals surface area (Å²) in [6.45, 7) is 4.83. The molecular formula is C16H22N2O3S. The maximum atomic E-state index is 12.3. The molecule has 2 rings (SSSR count). The van der Waals surface area contributed by atoms with E-state index in [-0.39, 0.29) is 16.8 Å². The first-order valence-electron chi connectivity index (χ1n) is 7.39. The minimum atomic E-state index is -3.54. The molecule has 1 aromatic carbocycles. The summed E-state index contributed by atoms with van der Waals surface area (Å²) in [5, 5.41) is 0. The van der Waals surface area contributed by atoms with Crippen molar-refractivity contribution >= 4 is 15.9 Å². The van der Waals surface area contributed by atoms with Gasteiger partial charge in [0.05, 0.1) is 4.90 Å². The number of rotatable bonds is 4. The van der Waals surface area contributed by atoms with Gasteiger partial charge in [-0.25, -0.2) is 13.1 Å². The number of allylic oxidation sites excluding steroid dienone is 1. The second kappa shape index (κ2) is 7.07. The topological polar surface area (TPSA) is 66.5 Å². The van der Waals surface area contributed by atoms with Crippen LogP contribution in [0, 0.1) is 0 Å². The van der Waals surface area contributed by atoms with E-state index in [0.717, 1.165) is 18.4 Å². The number of likely N-dealkylation sites (tertiary alicyclic amines) is 1. The molecule has 1 aliphatic rings. The summed E-state index contributed by atoms with van der Waals surface area (Å²) in [4.78, 5) is 14.0. The van der Waals surface area contributed by atoms with Crippen LogP contribution in [-0.2, 0) is 14.8 Å². The molecule has 1 aliphatic heterocycles. The van der Waals surface area contributed by atoms with E-state index in [1.807, 2.05) is 13.8 Å². The van der Waals surface area contributed by atoms with Crippen LogP contribution in [-0.4, -0.2) is 38.4 Å². The Morgan fingerprint density at radius 1 is 1.27 bits per heavy atom. The lowest BCUT2D eigenvalue weighted by Crippen LogP contribution is -2.49. The molecule has 5 nitrogen and oxygen atoms in total. The zero-order chi connectivity index (χ0) is 16.2. The normalized spacial score (nSPS) is 18.8. The number of carbonyl (C=O) groups is 1. The highest BCUT2D eigenvalue weighted by Gasteiger charge is 2.26. The van der Waals surface area contributed by atoms with Crippen molar-refractivity contribution in [3.8, 4) is 0 Å². The molecule has 22 heavy (non-hydrogen) atoms. The first-order chi connectivity index (χ1) is 10.4. The van der Waals surface area contributed by atoms with Crippen LogP contribution in [0.5, 0.6) is 0 Å². The van der Waals surface area contributed by atoms with Gasteiger partial charge in [0, 0.05) is 25.2 Å². The van der Waals surface area contributed by atoms with Gasteiger partial charge >= 0.3 is 0 Å². The molecule has 0 spiro atoms. The lowest BCUT2D eigenvalue weighted by molar-refractivity contribution is -0.127. The number of amides is 1. The lowest BCUT2D eigenvalue weighted by atomic mass is 10.1. The number of sulfonamides is 1. The van der Waals surface area contributed by atoms with Crippen molar-refractivity contribution in [1.29, 1.82) is 0 Å². The van der Waals surface area contributed by atoms with Crippen molar-refractivity contribution in [2.24, 2.45) is 0 Å². The molecule has 0 aromatic heterocycles. The smallest absolute Gasteiger partial charge is 0.246 e. The third kappa shape index (κ3) is 4.42. The molecule has 1 heterocycles. The molecule has 0 radical (unpaired) electrons. The zero-order valence-corrected chi connectivity index (χ0v) is 13.8. The Morgan fingerprint density at radius 3 is 2.59 bits per heavy atom. The fourth-order valence-electron chi connectivity index (χ4n) is 2.50. The highest BCUT2D eigenvalue weighted by atomic mass is 32.2. The summed E-state index contributed by atoms with van der Waals surface area (Å²) in [5.74, 6) is -0.0522. The van der Waals surface area contributed by atoms with Gasteiger partial charge in [-0.1, -0.05) is 23.8 Å². The van der Waals surface area contributed by atoms with Crippen LogP contribution >= 0.6 is 0 Å². The van der Waals surface area contributed by atoms with Gasteiger partial charge in [-0.15, -0.1) is 0 Å². The van der Waals surface area contributed by atoms with Crippen LogP contribution in [0.4, 0.5) is 0 Å². The predicted octanol–water partition coefficient (Wildman–Crippen LogP) is 1.92. The van der Waals surface area contributed by atoms with Gasteiger partial charge in [0.2, 0.25) is 15.9 Å². The van der Waals surface area contributed by atoms with E-state index in [1.54, 1.807) is 41.3 Å². The maximum absolute atomic E-state index is 12.3. The van der Waals surface area contributed by atoms with Crippen molar-refractivity contribution in [3.63, 3.8) is 0 Å². The zero-order valence-electron chi connectivity index (χ0n) is 13.0. The molecular weight excluding hydrogens is 300 g/mol. The largest absolute Gasteiger partial charge is 0.338 e. The van der Waals surface area contributed by atoms with Gasteiger partial charge < -0.3 is 4.90 Å². The van der Waals surface area contributed by atoms with Crippen molar-refractivity contribution in [1.82, 2.24) is 9.62 Å². The van der Waals surface area contributed by atoms with E-state index in [1.165, 1.54) is 0 Å². The van der Waals surface area contributed by atoms with E-state index in [4.69, 9.17) is 0 Å². The maximum Gasteiger partial charge on any atom is 0.246 e. The highest BCUT2D eigenvalue weighted by Crippen LogP contribution is 2.15. The van der Waals surface area contributed by atoms with Crippen molar-refractivity contribution in [3.05, 3.63) is 42.0 Å². The average molecular weight is 322 g/mol. The van der Waals surface area contributed by atoms with Gasteiger partial charge in [0.15, 0.2) is 0 Å². The van der Waals surface area contributed by atoms with Gasteiger partial charge in [0.1, 0.15) is 0 Å². The van der Waals surface area contributed by atoms with Crippen LogP contribution < -0.4 is 4.72 Å². The molecule has 0 aliphatic carbocycles. The Labute approximate surface area is 132 Å². The molecule has 120 valence electrons. The molecule has 0 saturated carbocycles. The molecule has 1 amide bonds. The number of nitrogens with one attached hydrogen (secondary N) is 1. The Kier molecular flexibility index (Phi) is 5.37. The average Bonchev–Trinajstić information content (AvgIpc) is 2.47. The fraction of sp³-hybridized carbons (Fsp3) is 0.438. The Bertz CT molecular complexity index is 649. The first kappa shape index (κ1) is 16.7. The Morgan fingerprint density at radius 2 is 1.95 bits per heavy atom. The summed E-state index contributed by atoms with van der Waals surface area (Å²) >= 11 is 0. The molecule has 1 fully saturated rings. The summed E-state index contributed by atoms with van der Waals surface area (Å²) in [6, 6.07) is 8.06. The van der Waals surface area contributed by atoms with Gasteiger partial charge in [0.25, 0.3) is 0 Å². The molecule has 0 unspecified atom stereocenters. The van der Waals surface area contributed by atoms with E-state index in [2.05, 4.69) is 4.72 Å². The Hall–Kier alpha value is -1.66. The van der Waals surface area contributed by atoms with E-state index in [9.17, 15) is 13.2 Å². The van der Waals surface area contributed by atoms with Crippen LogP contribution in [0.3, 0.4) is 0 Å². The number of nitrogens with zero attached hydrogens (tertiary/aromatic N) is 1. The second-order valence-corrected chi connectivity index (χ2v) is 7.49. The molecule has 1 aromatic rings. The standard InChI is InChI=1S/C16H22N2O3S/c1-13(2)11-16(19)18-10-6-7-14(12-18)17-22(20,21)15-8-4-3-5-9-15/h3-5,8-9,11,14,17H,6-7,10,12H2,1-2H3/t14-/m1/s1. The minimum absolute atomic E-state index is 0.0522. The minimum Gasteiger partial charge on any atom is -0.338 e. The number of hydrogen-bond donors (Lipinski definition) is 1. The molecule has 0 bridgehead atoms. The van der Waals surface area contributed by atoms with Gasteiger partial charge in [-0.3, -0.25) is 4.79 Å². The van der Waals surface area contributed by atoms with E-state index < -0.39 is 10.0 Å². The van der Waals surface area contributed by atoms with Gasteiger partial charge in [-0.2, -0.15) is 0 Å². The van der Waals surface area contributed by atoms with Crippen LogP contribution in [0.2, 0.25) is 0 Å². The van der Waals surface area contributed by atoms with Gasteiger partial charge in [-0.05, 0) is 38.8 Å². The van der Waals surface area contributed by atoms with Crippen molar-refractivity contribution < 1.29 is 13.2 Å². The van der Waals surface area contributed by atoms with E-state index >= 15 is 0 Å². The number of piperidine rings is 1. The number of hydrogen-bond acceptors (Lipinski definition) is 3. The van der Waals surface area contributed by atoms with Crippen LogP contribution in [0.1, 0.15) is 26.7 Å². The second-order valence-electron chi connectivity index (χ2n) is 5.78. The highest BCUT2D eigenvalue weighted by molar-refractivity contribution is 7.89. The van der Waals surface area contributed by atoms with Crippen LogP contribution in [0.15, 0.2) is 46.9 Å². The van der Waals surface area contributed by atoms with Crippen LogP contribution in [0.25, 0.3) is 0 Å². The third-order valence-corrected chi connectivity index (χ3v) is 5.06.